The van der Waals surface area contributed by atoms with Crippen molar-refractivity contribution in [3.8, 4) is 11.4 Å². The standard InChI is InChI=1S/C29H34N6O3S/c1-2-3-4-5-6-7-8-12-21-37-25-17-15-23(16-18-25)28(36)31-30-22-26-19-20-27(38-26)39-29-32-33-34-35(29)24-13-10-9-11-14-24/h9-11,13-20,22H,2-8,12,21H2,1H3,(H,31,36)/b30-22-. The molecule has 0 radical (unpaired) electrons. The second kappa shape index (κ2) is 15.5. The largest absolute Gasteiger partial charge is 0.494 e. The van der Waals surface area contributed by atoms with E-state index in [1.165, 1.54) is 62.9 Å². The van der Waals surface area contributed by atoms with Crippen LogP contribution in [0.25, 0.3) is 5.69 Å². The Morgan fingerprint density at radius 3 is 2.49 bits per heavy atom. The van der Waals surface area contributed by atoms with Crippen LogP contribution in [0.4, 0.5) is 0 Å². The molecule has 2 aromatic heterocycles. The van der Waals surface area contributed by atoms with Crippen molar-refractivity contribution >= 4 is 23.9 Å². The van der Waals surface area contributed by atoms with E-state index in [4.69, 9.17) is 9.15 Å². The number of tetrazole rings is 1. The normalized spacial score (nSPS) is 11.2. The summed E-state index contributed by atoms with van der Waals surface area (Å²) in [6.45, 7) is 2.93. The number of carbonyl (C=O) groups excluding carboxylic acids is 1. The van der Waals surface area contributed by atoms with E-state index in [0.29, 0.717) is 28.2 Å². The van der Waals surface area contributed by atoms with Gasteiger partial charge < -0.3 is 9.15 Å². The lowest BCUT2D eigenvalue weighted by Gasteiger charge is -2.07. The first-order chi connectivity index (χ1) is 19.2. The molecule has 9 nitrogen and oxygen atoms in total. The molecule has 2 aromatic carbocycles. The first kappa shape index (κ1) is 28.1. The Bertz CT molecular complexity index is 1300. The molecule has 4 aromatic rings. The van der Waals surface area contributed by atoms with Crippen LogP contribution in [0.5, 0.6) is 5.75 Å². The van der Waals surface area contributed by atoms with Gasteiger partial charge in [0.25, 0.3) is 5.91 Å². The van der Waals surface area contributed by atoms with Crippen molar-refractivity contribution < 1.29 is 13.9 Å². The number of nitrogens with one attached hydrogen (secondary N) is 1. The van der Waals surface area contributed by atoms with E-state index >= 15 is 0 Å². The summed E-state index contributed by atoms with van der Waals surface area (Å²) in [4.78, 5) is 12.4. The molecule has 0 fully saturated rings. The smallest absolute Gasteiger partial charge is 0.271 e. The molecule has 4 rings (SSSR count). The average Bonchev–Trinajstić information content (AvgIpc) is 3.62. The molecule has 0 saturated heterocycles. The Hall–Kier alpha value is -3.92. The van der Waals surface area contributed by atoms with E-state index in [1.54, 1.807) is 28.9 Å². The van der Waals surface area contributed by atoms with Crippen LogP contribution < -0.4 is 10.2 Å². The van der Waals surface area contributed by atoms with Crippen LogP contribution in [0.1, 0.15) is 74.4 Å². The topological polar surface area (TPSA) is 107 Å². The fraction of sp³-hybridized carbons (Fsp3) is 0.345. The van der Waals surface area contributed by atoms with Gasteiger partial charge in [-0.1, -0.05) is 70.1 Å². The van der Waals surface area contributed by atoms with E-state index in [2.05, 4.69) is 33.0 Å². The van der Waals surface area contributed by atoms with Crippen molar-refractivity contribution in [1.82, 2.24) is 25.6 Å². The summed E-state index contributed by atoms with van der Waals surface area (Å²) in [7, 11) is 0. The van der Waals surface area contributed by atoms with Crippen LogP contribution in [-0.2, 0) is 0 Å². The molecular weight excluding hydrogens is 512 g/mol. The fourth-order valence-electron chi connectivity index (χ4n) is 3.87. The number of hydrogen-bond acceptors (Lipinski definition) is 8. The third-order valence-corrected chi connectivity index (χ3v) is 6.83. The van der Waals surface area contributed by atoms with E-state index in [-0.39, 0.29) is 5.91 Å². The van der Waals surface area contributed by atoms with Crippen molar-refractivity contribution in [3.63, 3.8) is 0 Å². The zero-order valence-corrected chi connectivity index (χ0v) is 23.0. The number of hydrogen-bond donors (Lipinski definition) is 1. The minimum Gasteiger partial charge on any atom is -0.494 e. The van der Waals surface area contributed by atoms with Crippen molar-refractivity contribution in [2.75, 3.05) is 6.61 Å². The number of nitrogens with zero attached hydrogens (tertiary/aromatic N) is 5. The van der Waals surface area contributed by atoms with Gasteiger partial charge in [-0.2, -0.15) is 9.78 Å². The van der Waals surface area contributed by atoms with Gasteiger partial charge in [0.05, 0.1) is 18.5 Å². The fourth-order valence-corrected chi connectivity index (χ4v) is 4.63. The molecule has 204 valence electrons. The maximum absolute atomic E-state index is 12.4. The minimum absolute atomic E-state index is 0.316. The third kappa shape index (κ3) is 9.10. The summed E-state index contributed by atoms with van der Waals surface area (Å²) in [5.74, 6) is 0.933. The predicted octanol–water partition coefficient (Wildman–Crippen LogP) is 6.69. The van der Waals surface area contributed by atoms with Crippen LogP contribution in [-0.4, -0.2) is 38.9 Å². The molecule has 0 spiro atoms. The number of ether oxygens (including phenoxy) is 1. The number of furan rings is 1. The van der Waals surface area contributed by atoms with Gasteiger partial charge in [-0.25, -0.2) is 5.43 Å². The van der Waals surface area contributed by atoms with Gasteiger partial charge in [-0.15, -0.1) is 5.10 Å². The van der Waals surface area contributed by atoms with Gasteiger partial charge in [-0.3, -0.25) is 4.79 Å². The van der Waals surface area contributed by atoms with E-state index in [1.807, 2.05) is 42.5 Å². The molecule has 0 aliphatic carbocycles. The summed E-state index contributed by atoms with van der Waals surface area (Å²) < 4.78 is 13.2. The van der Waals surface area contributed by atoms with Gasteiger partial charge in [0.15, 0.2) is 5.09 Å². The molecular formula is C29H34N6O3S. The Kier molecular flexibility index (Phi) is 11.2. The average molecular weight is 547 g/mol. The van der Waals surface area contributed by atoms with Gasteiger partial charge in [-0.05, 0) is 77.1 Å². The Morgan fingerprint density at radius 2 is 1.72 bits per heavy atom. The summed E-state index contributed by atoms with van der Waals surface area (Å²) in [6, 6.07) is 20.2. The highest BCUT2D eigenvalue weighted by Crippen LogP contribution is 2.28. The van der Waals surface area contributed by atoms with Crippen LogP contribution in [0.2, 0.25) is 0 Å². The SMILES string of the molecule is CCCCCCCCCCOc1ccc(C(=O)N/N=C\c2ccc(Sc3nnnn3-c3ccccc3)o2)cc1. The number of carbonyl (C=O) groups is 1. The predicted molar refractivity (Wildman–Crippen MR) is 152 cm³/mol. The highest BCUT2D eigenvalue weighted by molar-refractivity contribution is 7.99. The molecule has 39 heavy (non-hydrogen) atoms. The second-order valence-corrected chi connectivity index (χ2v) is 9.99. The molecule has 10 heteroatoms. The van der Waals surface area contributed by atoms with E-state index in [9.17, 15) is 4.79 Å². The van der Waals surface area contributed by atoms with Gasteiger partial charge in [0, 0.05) is 5.56 Å². The lowest BCUT2D eigenvalue weighted by atomic mass is 10.1. The summed E-state index contributed by atoms with van der Waals surface area (Å²) in [5.41, 5.74) is 3.87. The second-order valence-electron chi connectivity index (χ2n) is 9.01. The van der Waals surface area contributed by atoms with E-state index < -0.39 is 0 Å². The first-order valence-corrected chi connectivity index (χ1v) is 14.2. The Morgan fingerprint density at radius 1 is 0.974 bits per heavy atom. The molecule has 0 saturated carbocycles. The Labute approximate surface area is 233 Å². The van der Waals surface area contributed by atoms with Crippen LogP contribution in [0, 0.1) is 0 Å². The van der Waals surface area contributed by atoms with Crippen LogP contribution >= 0.6 is 11.8 Å². The van der Waals surface area contributed by atoms with Crippen molar-refractivity contribution in [2.45, 2.75) is 68.5 Å². The summed E-state index contributed by atoms with van der Waals surface area (Å²) in [5, 5.41) is 17.0. The molecule has 0 aliphatic rings. The molecule has 1 amide bonds. The highest BCUT2D eigenvalue weighted by Gasteiger charge is 2.12. The maximum atomic E-state index is 12.4. The third-order valence-electron chi connectivity index (χ3n) is 5.98. The van der Waals surface area contributed by atoms with Crippen LogP contribution in [0.15, 0.2) is 86.5 Å². The zero-order chi connectivity index (χ0) is 27.1. The first-order valence-electron chi connectivity index (χ1n) is 13.4. The Balaban J connectivity index is 1.17. The number of benzene rings is 2. The van der Waals surface area contributed by atoms with Gasteiger partial charge >= 0.3 is 0 Å². The summed E-state index contributed by atoms with van der Waals surface area (Å²) in [6.07, 6.45) is 11.6. The van der Waals surface area contributed by atoms with Crippen molar-refractivity contribution in [1.29, 1.82) is 0 Å². The molecule has 2 heterocycles. The lowest BCUT2D eigenvalue weighted by Crippen LogP contribution is -2.17. The van der Waals surface area contributed by atoms with Crippen LogP contribution in [0.3, 0.4) is 0 Å². The molecule has 0 aliphatic heterocycles. The molecule has 0 bridgehead atoms. The zero-order valence-electron chi connectivity index (χ0n) is 22.2. The lowest BCUT2D eigenvalue weighted by molar-refractivity contribution is 0.0955. The number of amides is 1. The van der Waals surface area contributed by atoms with Gasteiger partial charge in [0.2, 0.25) is 5.16 Å². The van der Waals surface area contributed by atoms with Crippen molar-refractivity contribution in [3.05, 3.63) is 78.1 Å². The highest BCUT2D eigenvalue weighted by atomic mass is 32.2. The maximum Gasteiger partial charge on any atom is 0.271 e. The monoisotopic (exact) mass is 546 g/mol. The number of rotatable bonds is 16. The number of aromatic nitrogens is 4. The van der Waals surface area contributed by atoms with Crippen molar-refractivity contribution in [2.24, 2.45) is 5.10 Å². The number of unbranched alkanes of at least 4 members (excludes halogenated alkanes) is 7. The molecule has 0 unspecified atom stereocenters. The van der Waals surface area contributed by atoms with Gasteiger partial charge in [0.1, 0.15) is 11.5 Å². The number of para-hydroxylation sites is 1. The number of hydrazone groups is 1. The molecule has 1 N–H and O–H groups in total. The minimum atomic E-state index is -0.316. The molecule has 0 atom stereocenters. The quantitative estimate of drug-likeness (QED) is 0.0947. The summed E-state index contributed by atoms with van der Waals surface area (Å²) >= 11 is 1.29. The van der Waals surface area contributed by atoms with E-state index in [0.717, 1.165) is 17.9 Å².